The monoisotopic (exact) mass is 247 g/mol. The Morgan fingerprint density at radius 3 is 2.39 bits per heavy atom. The average molecular weight is 247 g/mol. The highest BCUT2D eigenvalue weighted by atomic mass is 16.2. The van der Waals surface area contributed by atoms with Crippen molar-refractivity contribution in [1.82, 2.24) is 4.90 Å². The lowest BCUT2D eigenvalue weighted by Crippen LogP contribution is -2.23. The molecule has 18 heavy (non-hydrogen) atoms. The zero-order chi connectivity index (χ0) is 14.0. The lowest BCUT2D eigenvalue weighted by molar-refractivity contribution is -0.123. The molecule has 0 unspecified atom stereocenters. The zero-order valence-electron chi connectivity index (χ0n) is 12.1. The van der Waals surface area contributed by atoms with Gasteiger partial charge in [-0.2, -0.15) is 0 Å². The predicted molar refractivity (Wildman–Crippen MR) is 79.1 cm³/mol. The second kappa shape index (κ2) is 9.46. The molecule has 0 aromatic heterocycles. The molecule has 0 atom stereocenters. The van der Waals surface area contributed by atoms with E-state index in [1.165, 1.54) is 11.1 Å². The number of carbonyl (C=O) groups excluding carboxylic acids is 1. The van der Waals surface area contributed by atoms with Gasteiger partial charge in [0.2, 0.25) is 5.91 Å². The quantitative estimate of drug-likeness (QED) is 0.487. The molecule has 0 radical (unpaired) electrons. The van der Waals surface area contributed by atoms with Gasteiger partial charge < -0.3 is 4.90 Å². The Morgan fingerprint density at radius 1 is 1.22 bits per heavy atom. The fourth-order valence-electron chi connectivity index (χ4n) is 1.44. The van der Waals surface area contributed by atoms with E-state index in [1.54, 1.807) is 23.3 Å². The van der Waals surface area contributed by atoms with Gasteiger partial charge in [0.15, 0.2) is 0 Å². The number of carbonyl (C=O) groups is 1. The van der Waals surface area contributed by atoms with Gasteiger partial charge in [0.1, 0.15) is 0 Å². The molecule has 100 valence electrons. The molecule has 0 N–H and O–H groups in total. The number of allylic oxidation sites excluding steroid dienone is 4. The third-order valence-electron chi connectivity index (χ3n) is 2.54. The van der Waals surface area contributed by atoms with Crippen LogP contribution >= 0.6 is 0 Å². The minimum atomic E-state index is -0.0270. The molecule has 0 aliphatic carbocycles. The van der Waals surface area contributed by atoms with Crippen molar-refractivity contribution in [3.05, 3.63) is 48.2 Å². The average Bonchev–Trinajstić information content (AvgIpc) is 2.29. The molecule has 1 amide bonds. The lowest BCUT2D eigenvalue weighted by atomic mass is 10.1. The number of amides is 1. The summed E-state index contributed by atoms with van der Waals surface area (Å²) in [5.74, 6) is -0.0270. The van der Waals surface area contributed by atoms with Crippen LogP contribution in [0, 0.1) is 0 Å². The largest absolute Gasteiger partial charge is 0.312 e. The molecule has 0 rings (SSSR count). The third-order valence-corrected chi connectivity index (χ3v) is 2.54. The molecule has 0 aliphatic rings. The molecular weight excluding hydrogens is 222 g/mol. The fraction of sp³-hybridized carbons (Fsp3) is 0.438. The summed E-state index contributed by atoms with van der Waals surface area (Å²) in [6.45, 7) is 12.4. The first kappa shape index (κ1) is 16.4. The summed E-state index contributed by atoms with van der Waals surface area (Å²) >= 11 is 0. The molecule has 0 heterocycles. The van der Waals surface area contributed by atoms with Crippen LogP contribution in [0.1, 0.15) is 40.5 Å². The van der Waals surface area contributed by atoms with Crippen LogP contribution in [0.15, 0.2) is 48.2 Å². The van der Waals surface area contributed by atoms with E-state index in [0.29, 0.717) is 6.54 Å². The summed E-state index contributed by atoms with van der Waals surface area (Å²) in [6.07, 6.45) is 11.3. The van der Waals surface area contributed by atoms with Gasteiger partial charge in [0.05, 0.1) is 0 Å². The first-order valence-corrected chi connectivity index (χ1v) is 6.36. The highest BCUT2D eigenvalue weighted by molar-refractivity contribution is 5.88. The van der Waals surface area contributed by atoms with Gasteiger partial charge in [-0.05, 0) is 46.6 Å². The van der Waals surface area contributed by atoms with Crippen molar-refractivity contribution in [2.45, 2.75) is 40.5 Å². The number of nitrogens with zero attached hydrogens (tertiary/aromatic N) is 1. The summed E-state index contributed by atoms with van der Waals surface area (Å²) in [6, 6.07) is 0. The van der Waals surface area contributed by atoms with Crippen LogP contribution in [0.5, 0.6) is 0 Å². The van der Waals surface area contributed by atoms with E-state index in [4.69, 9.17) is 0 Å². The van der Waals surface area contributed by atoms with E-state index in [2.05, 4.69) is 39.5 Å². The molecule has 2 heteroatoms. The second-order valence-electron chi connectivity index (χ2n) is 4.54. The van der Waals surface area contributed by atoms with E-state index < -0.39 is 0 Å². The molecule has 0 fully saturated rings. The first-order valence-electron chi connectivity index (χ1n) is 6.36. The van der Waals surface area contributed by atoms with Crippen LogP contribution in [-0.2, 0) is 4.79 Å². The van der Waals surface area contributed by atoms with E-state index in [1.807, 2.05) is 6.92 Å². The Labute approximate surface area is 111 Å². The van der Waals surface area contributed by atoms with Crippen molar-refractivity contribution in [1.29, 1.82) is 0 Å². The van der Waals surface area contributed by atoms with Crippen LogP contribution < -0.4 is 0 Å². The van der Waals surface area contributed by atoms with Crippen molar-refractivity contribution in [3.63, 3.8) is 0 Å². The molecular formula is C16H25NO. The molecule has 0 saturated heterocycles. The van der Waals surface area contributed by atoms with Gasteiger partial charge in [-0.3, -0.25) is 4.79 Å². The van der Waals surface area contributed by atoms with E-state index in [0.717, 1.165) is 12.8 Å². The maximum absolute atomic E-state index is 11.6. The van der Waals surface area contributed by atoms with Crippen molar-refractivity contribution >= 4 is 5.91 Å². The predicted octanol–water partition coefficient (Wildman–Crippen LogP) is 4.23. The maximum Gasteiger partial charge on any atom is 0.250 e. The Kier molecular flexibility index (Phi) is 8.63. The van der Waals surface area contributed by atoms with Crippen molar-refractivity contribution in [2.75, 3.05) is 6.54 Å². The number of hydrogen-bond donors (Lipinski definition) is 0. The van der Waals surface area contributed by atoms with Gasteiger partial charge in [-0.1, -0.05) is 36.0 Å². The van der Waals surface area contributed by atoms with Crippen LogP contribution in [0.2, 0.25) is 0 Å². The molecule has 0 aliphatic heterocycles. The van der Waals surface area contributed by atoms with Gasteiger partial charge >= 0.3 is 0 Å². The maximum atomic E-state index is 11.6. The number of rotatable bonds is 7. The molecule has 0 saturated carbocycles. The van der Waals surface area contributed by atoms with Gasteiger partial charge in [-0.15, -0.1) is 0 Å². The fourth-order valence-corrected chi connectivity index (χ4v) is 1.44. The second-order valence-corrected chi connectivity index (χ2v) is 4.54. The highest BCUT2D eigenvalue weighted by Gasteiger charge is 2.03. The first-order chi connectivity index (χ1) is 8.51. The summed E-state index contributed by atoms with van der Waals surface area (Å²) in [4.78, 5) is 13.2. The standard InChI is InChI=1S/C16H25NO/c1-6-9-16(18)17(7-2)13-12-15(5)11-8-10-14(3)4/h6-7,9-10,12H,2,8,11,13H2,1,3-5H3/b9-6+,15-12-. The smallest absolute Gasteiger partial charge is 0.250 e. The van der Waals surface area contributed by atoms with Crippen LogP contribution in [0.3, 0.4) is 0 Å². The van der Waals surface area contributed by atoms with Crippen molar-refractivity contribution in [2.24, 2.45) is 0 Å². The summed E-state index contributed by atoms with van der Waals surface area (Å²) < 4.78 is 0. The Morgan fingerprint density at radius 2 is 1.89 bits per heavy atom. The minimum Gasteiger partial charge on any atom is -0.312 e. The van der Waals surface area contributed by atoms with Crippen LogP contribution in [0.25, 0.3) is 0 Å². The highest BCUT2D eigenvalue weighted by Crippen LogP contribution is 2.07. The molecule has 0 aromatic rings. The van der Waals surface area contributed by atoms with E-state index >= 15 is 0 Å². The van der Waals surface area contributed by atoms with Crippen molar-refractivity contribution in [3.8, 4) is 0 Å². The van der Waals surface area contributed by atoms with Crippen LogP contribution in [0.4, 0.5) is 0 Å². The normalized spacial score (nSPS) is 11.4. The van der Waals surface area contributed by atoms with Gasteiger partial charge in [0.25, 0.3) is 0 Å². The summed E-state index contributed by atoms with van der Waals surface area (Å²) in [7, 11) is 0. The Balaban J connectivity index is 4.28. The van der Waals surface area contributed by atoms with Crippen molar-refractivity contribution < 1.29 is 4.79 Å². The lowest BCUT2D eigenvalue weighted by Gasteiger charge is -2.14. The molecule has 0 aromatic carbocycles. The van der Waals surface area contributed by atoms with E-state index in [9.17, 15) is 4.79 Å². The Bertz CT molecular complexity index is 357. The zero-order valence-corrected chi connectivity index (χ0v) is 12.1. The molecule has 0 bridgehead atoms. The topological polar surface area (TPSA) is 20.3 Å². The molecule has 2 nitrogen and oxygen atoms in total. The Hall–Kier alpha value is -1.57. The molecule has 0 spiro atoms. The number of hydrogen-bond acceptors (Lipinski definition) is 1. The minimum absolute atomic E-state index is 0.0270. The summed E-state index contributed by atoms with van der Waals surface area (Å²) in [5.41, 5.74) is 2.64. The van der Waals surface area contributed by atoms with Crippen LogP contribution in [-0.4, -0.2) is 17.4 Å². The van der Waals surface area contributed by atoms with E-state index in [-0.39, 0.29) is 5.91 Å². The third kappa shape index (κ3) is 7.66. The SMILES string of the molecule is C=CN(C/C=C(/C)CCC=C(C)C)C(=O)/C=C/C. The van der Waals surface area contributed by atoms with Gasteiger partial charge in [0, 0.05) is 12.7 Å². The summed E-state index contributed by atoms with van der Waals surface area (Å²) in [5, 5.41) is 0. The van der Waals surface area contributed by atoms with Gasteiger partial charge in [-0.25, -0.2) is 0 Å².